The minimum atomic E-state index is -0.517. The molecule has 22 heavy (non-hydrogen) atoms. The number of carbonyl (C=O) groups is 2. The van der Waals surface area contributed by atoms with Crippen LogP contribution in [0, 0.1) is 5.92 Å². The molecule has 0 bridgehead atoms. The first-order chi connectivity index (χ1) is 10.5. The smallest absolute Gasteiger partial charge is 0.315 e. The molecule has 1 aromatic rings. The molecule has 0 fully saturated rings. The van der Waals surface area contributed by atoms with Crippen molar-refractivity contribution in [1.29, 1.82) is 0 Å². The molecule has 0 spiro atoms. The summed E-state index contributed by atoms with van der Waals surface area (Å²) >= 11 is 5.01. The van der Waals surface area contributed by atoms with E-state index in [-0.39, 0.29) is 17.7 Å². The molecule has 0 aromatic carbocycles. The Balaban J connectivity index is 2.17. The Morgan fingerprint density at radius 2 is 2.23 bits per heavy atom. The summed E-state index contributed by atoms with van der Waals surface area (Å²) in [5, 5.41) is 1.97. The molecule has 2 atom stereocenters. The molecule has 0 amide bonds. The number of nitrogens with zero attached hydrogens (tertiary/aromatic N) is 1. The van der Waals surface area contributed by atoms with E-state index in [2.05, 4.69) is 20.9 Å². The van der Waals surface area contributed by atoms with Gasteiger partial charge in [0.1, 0.15) is 5.92 Å². The molecule has 1 aliphatic heterocycles. The van der Waals surface area contributed by atoms with Crippen molar-refractivity contribution < 1.29 is 14.3 Å². The molecule has 1 aliphatic carbocycles. The number of ketones is 1. The molecule has 0 radical (unpaired) electrons. The van der Waals surface area contributed by atoms with Crippen LogP contribution in [0.2, 0.25) is 0 Å². The highest BCUT2D eigenvalue weighted by Gasteiger charge is 2.43. The van der Waals surface area contributed by atoms with Crippen LogP contribution < -0.4 is 0 Å². The quantitative estimate of drug-likeness (QED) is 0.730. The van der Waals surface area contributed by atoms with Crippen molar-refractivity contribution in [3.63, 3.8) is 0 Å². The lowest BCUT2D eigenvalue weighted by Crippen LogP contribution is -2.36. The van der Waals surface area contributed by atoms with Crippen LogP contribution in [0.15, 0.2) is 32.2 Å². The van der Waals surface area contributed by atoms with E-state index >= 15 is 0 Å². The Morgan fingerprint density at radius 1 is 1.45 bits per heavy atom. The monoisotopic (exact) mass is 381 g/mol. The van der Waals surface area contributed by atoms with Gasteiger partial charge in [-0.1, -0.05) is 0 Å². The minimum Gasteiger partial charge on any atom is -0.468 e. The van der Waals surface area contributed by atoms with Crippen LogP contribution in [-0.4, -0.2) is 24.6 Å². The average Bonchev–Trinajstić information content (AvgIpc) is 2.91. The lowest BCUT2D eigenvalue weighted by Gasteiger charge is -2.33. The van der Waals surface area contributed by atoms with Crippen LogP contribution in [0.3, 0.4) is 0 Å². The fourth-order valence-electron chi connectivity index (χ4n) is 3.24. The highest BCUT2D eigenvalue weighted by Crippen LogP contribution is 2.45. The third kappa shape index (κ3) is 2.58. The van der Waals surface area contributed by atoms with Gasteiger partial charge in [0.15, 0.2) is 5.78 Å². The topological polar surface area (TPSA) is 55.7 Å². The van der Waals surface area contributed by atoms with Gasteiger partial charge in [-0.25, -0.2) is 0 Å². The molecule has 6 heteroatoms. The van der Waals surface area contributed by atoms with Crippen LogP contribution in [0.25, 0.3) is 0 Å². The maximum Gasteiger partial charge on any atom is 0.315 e. The summed E-state index contributed by atoms with van der Waals surface area (Å²) in [7, 11) is 1.38. The van der Waals surface area contributed by atoms with Gasteiger partial charge in [0, 0.05) is 44.1 Å². The first-order valence-electron chi connectivity index (χ1n) is 7.16. The molecule has 1 unspecified atom stereocenters. The normalized spacial score (nSPS) is 24.9. The van der Waals surface area contributed by atoms with E-state index in [4.69, 9.17) is 4.74 Å². The Morgan fingerprint density at radius 3 is 2.86 bits per heavy atom. The van der Waals surface area contributed by atoms with E-state index in [9.17, 15) is 9.59 Å². The summed E-state index contributed by atoms with van der Waals surface area (Å²) in [6, 6.07) is 1.98. The summed E-state index contributed by atoms with van der Waals surface area (Å²) in [6.45, 7) is 1.85. The number of hydrogen-bond acceptors (Lipinski definition) is 5. The maximum absolute atomic E-state index is 12.5. The Hall–Kier alpha value is -1.27. The van der Waals surface area contributed by atoms with Gasteiger partial charge in [-0.3, -0.25) is 14.6 Å². The predicted octanol–water partition coefficient (Wildman–Crippen LogP) is 3.87. The fourth-order valence-corrected chi connectivity index (χ4v) is 4.83. The third-order valence-corrected chi connectivity index (χ3v) is 5.96. The number of ether oxygens (including phenoxy) is 1. The molecule has 3 rings (SSSR count). The van der Waals surface area contributed by atoms with Gasteiger partial charge >= 0.3 is 5.97 Å². The first kappa shape index (κ1) is 15.6. The number of aliphatic imine (C=N–C) groups is 1. The van der Waals surface area contributed by atoms with E-state index in [1.807, 2.05) is 18.4 Å². The number of esters is 1. The third-order valence-electron chi connectivity index (χ3n) is 4.18. The Bertz CT molecular complexity index is 704. The lowest BCUT2D eigenvalue weighted by molar-refractivity contribution is -0.143. The van der Waals surface area contributed by atoms with Crippen LogP contribution in [0.4, 0.5) is 0 Å². The van der Waals surface area contributed by atoms with Crippen molar-refractivity contribution >= 4 is 44.7 Å². The summed E-state index contributed by atoms with van der Waals surface area (Å²) < 4.78 is 5.93. The van der Waals surface area contributed by atoms with Crippen molar-refractivity contribution in [3.8, 4) is 0 Å². The summed E-state index contributed by atoms with van der Waals surface area (Å²) in [5.74, 6) is -1.01. The average molecular weight is 382 g/mol. The maximum atomic E-state index is 12.5. The molecule has 1 aromatic heterocycles. The van der Waals surface area contributed by atoms with E-state index in [0.29, 0.717) is 12.0 Å². The van der Waals surface area contributed by atoms with Gasteiger partial charge in [0.2, 0.25) is 0 Å². The van der Waals surface area contributed by atoms with E-state index in [0.717, 1.165) is 33.6 Å². The molecule has 2 aliphatic rings. The number of allylic oxidation sites excluding steroid dienone is 2. The molecule has 4 nitrogen and oxygen atoms in total. The summed E-state index contributed by atoms with van der Waals surface area (Å²) in [5.41, 5.74) is 2.29. The molecule has 0 saturated carbocycles. The molecule has 116 valence electrons. The van der Waals surface area contributed by atoms with E-state index in [1.54, 1.807) is 11.3 Å². The first-order valence-corrected chi connectivity index (χ1v) is 8.83. The number of halogens is 1. The largest absolute Gasteiger partial charge is 0.468 e. The standard InChI is InChI=1S/C16H16BrNO3S/c1-8-13(16(20)21-2)15(12-6-9(17)7-22-12)14-10(18-8)4-3-5-11(14)19/h6-7,13,15H,3-5H2,1-2H3/t13?,15-/m1/s1. The zero-order valence-electron chi connectivity index (χ0n) is 12.4. The second kappa shape index (κ2) is 6.08. The van der Waals surface area contributed by atoms with Gasteiger partial charge in [-0.05, 0) is 41.8 Å². The van der Waals surface area contributed by atoms with Crippen LogP contribution in [-0.2, 0) is 14.3 Å². The predicted molar refractivity (Wildman–Crippen MR) is 89.3 cm³/mol. The van der Waals surface area contributed by atoms with Crippen LogP contribution in [0.5, 0.6) is 0 Å². The lowest BCUT2D eigenvalue weighted by atomic mass is 9.74. The van der Waals surface area contributed by atoms with Crippen molar-refractivity contribution in [2.24, 2.45) is 10.9 Å². The zero-order valence-corrected chi connectivity index (χ0v) is 14.8. The van der Waals surface area contributed by atoms with Crippen LogP contribution in [0.1, 0.15) is 37.0 Å². The molecule has 2 heterocycles. The minimum absolute atomic E-state index is 0.112. The van der Waals surface area contributed by atoms with Gasteiger partial charge < -0.3 is 4.74 Å². The van der Waals surface area contributed by atoms with Crippen molar-refractivity contribution in [1.82, 2.24) is 0 Å². The van der Waals surface area contributed by atoms with E-state index in [1.165, 1.54) is 7.11 Å². The molecule has 0 N–H and O–H groups in total. The summed E-state index contributed by atoms with van der Waals surface area (Å²) in [4.78, 5) is 30.4. The van der Waals surface area contributed by atoms with E-state index < -0.39 is 5.92 Å². The van der Waals surface area contributed by atoms with Gasteiger partial charge in [0.25, 0.3) is 0 Å². The Labute approximate surface area is 141 Å². The number of Topliss-reactive ketones (excluding diaryl/α,β-unsaturated/α-hetero) is 1. The van der Waals surface area contributed by atoms with Gasteiger partial charge in [-0.15, -0.1) is 11.3 Å². The second-order valence-electron chi connectivity index (χ2n) is 5.54. The zero-order chi connectivity index (χ0) is 15.9. The SMILES string of the molecule is COC(=O)C1C(C)=NC2=C(C(=O)CCC2)[C@@H]1c1cc(Br)cs1. The Kier molecular flexibility index (Phi) is 4.32. The highest BCUT2D eigenvalue weighted by atomic mass is 79.9. The highest BCUT2D eigenvalue weighted by molar-refractivity contribution is 9.10. The number of hydrogen-bond donors (Lipinski definition) is 0. The number of carbonyl (C=O) groups excluding carboxylic acids is 2. The molecule has 0 saturated heterocycles. The van der Waals surface area contributed by atoms with Gasteiger partial charge in [-0.2, -0.15) is 0 Å². The van der Waals surface area contributed by atoms with Crippen molar-refractivity contribution in [2.45, 2.75) is 32.1 Å². The fraction of sp³-hybridized carbons (Fsp3) is 0.438. The number of rotatable bonds is 2. The second-order valence-corrected chi connectivity index (χ2v) is 7.39. The molecular weight excluding hydrogens is 366 g/mol. The van der Waals surface area contributed by atoms with Crippen molar-refractivity contribution in [3.05, 3.63) is 32.1 Å². The van der Waals surface area contributed by atoms with Crippen molar-refractivity contribution in [2.75, 3.05) is 7.11 Å². The summed E-state index contributed by atoms with van der Waals surface area (Å²) in [6.07, 6.45) is 2.16. The van der Waals surface area contributed by atoms with Gasteiger partial charge in [0.05, 0.1) is 7.11 Å². The number of methoxy groups -OCH3 is 1. The molecular formula is C16H16BrNO3S. The number of thiophene rings is 1. The van der Waals surface area contributed by atoms with Crippen LogP contribution >= 0.6 is 27.3 Å².